The van der Waals surface area contributed by atoms with E-state index in [1.165, 1.54) is 18.4 Å². The number of nitrogens with two attached hydrogens (primary N) is 1. The molecule has 0 atom stereocenters. The van der Waals surface area contributed by atoms with Crippen molar-refractivity contribution in [2.45, 2.75) is 26.2 Å². The molecule has 0 aliphatic carbocycles. The van der Waals surface area contributed by atoms with Crippen molar-refractivity contribution < 1.29 is 0 Å². The molecule has 0 saturated heterocycles. The van der Waals surface area contributed by atoms with Crippen molar-refractivity contribution in [2.24, 2.45) is 0 Å². The van der Waals surface area contributed by atoms with Crippen molar-refractivity contribution in [3.63, 3.8) is 0 Å². The van der Waals surface area contributed by atoms with E-state index in [2.05, 4.69) is 35.0 Å². The largest absolute Gasteiger partial charge is 0.398 e. The van der Waals surface area contributed by atoms with Crippen molar-refractivity contribution in [3.05, 3.63) is 28.2 Å². The highest BCUT2D eigenvalue weighted by Crippen LogP contribution is 2.21. The lowest BCUT2D eigenvalue weighted by molar-refractivity contribution is 0.795. The van der Waals surface area contributed by atoms with E-state index in [1.807, 2.05) is 6.07 Å². The number of halogens is 2. The maximum absolute atomic E-state index is 5.67. The highest BCUT2D eigenvalue weighted by molar-refractivity contribution is 9.10. The first-order valence-corrected chi connectivity index (χ1v) is 5.07. The molecule has 1 rings (SSSR count). The molecule has 3 heteroatoms. The van der Waals surface area contributed by atoms with Gasteiger partial charge in [0.25, 0.3) is 0 Å². The standard InChI is InChI=1S/C10H14BrN.ClH/c1-2-3-4-8-5-6-10(12)9(11)7-8;/h5-7H,2-4,12H2,1H3;1H. The summed E-state index contributed by atoms with van der Waals surface area (Å²) in [4.78, 5) is 0. The topological polar surface area (TPSA) is 26.0 Å². The Morgan fingerprint density at radius 1 is 1.38 bits per heavy atom. The van der Waals surface area contributed by atoms with Crippen LogP contribution in [0.5, 0.6) is 0 Å². The average Bonchev–Trinajstić information content (AvgIpc) is 2.07. The third-order valence-electron chi connectivity index (χ3n) is 1.88. The van der Waals surface area contributed by atoms with Gasteiger partial charge in [0.2, 0.25) is 0 Å². The predicted octanol–water partition coefficient (Wildman–Crippen LogP) is 3.80. The van der Waals surface area contributed by atoms with Crippen molar-refractivity contribution >= 4 is 34.0 Å². The molecule has 0 heterocycles. The van der Waals surface area contributed by atoms with Crippen molar-refractivity contribution in [1.29, 1.82) is 0 Å². The Kier molecular flexibility index (Phi) is 6.17. The number of rotatable bonds is 3. The molecule has 1 nitrogen and oxygen atoms in total. The molecule has 0 saturated carbocycles. The van der Waals surface area contributed by atoms with Gasteiger partial charge in [-0.2, -0.15) is 0 Å². The van der Waals surface area contributed by atoms with Crippen LogP contribution < -0.4 is 5.73 Å². The van der Waals surface area contributed by atoms with Gasteiger partial charge in [-0.05, 0) is 46.5 Å². The van der Waals surface area contributed by atoms with Gasteiger partial charge in [-0.1, -0.05) is 19.4 Å². The summed E-state index contributed by atoms with van der Waals surface area (Å²) in [5, 5.41) is 0. The average molecular weight is 265 g/mol. The fraction of sp³-hybridized carbons (Fsp3) is 0.400. The Hall–Kier alpha value is -0.210. The van der Waals surface area contributed by atoms with Crippen molar-refractivity contribution in [1.82, 2.24) is 0 Å². The van der Waals surface area contributed by atoms with Crippen LogP contribution in [-0.4, -0.2) is 0 Å². The van der Waals surface area contributed by atoms with Gasteiger partial charge in [-0.15, -0.1) is 12.4 Å². The summed E-state index contributed by atoms with van der Waals surface area (Å²) in [6.45, 7) is 2.20. The lowest BCUT2D eigenvalue weighted by atomic mass is 10.1. The molecule has 0 spiro atoms. The Morgan fingerprint density at radius 3 is 2.62 bits per heavy atom. The molecule has 0 radical (unpaired) electrons. The first-order chi connectivity index (χ1) is 5.74. The summed E-state index contributed by atoms with van der Waals surface area (Å²) in [7, 11) is 0. The minimum Gasteiger partial charge on any atom is -0.398 e. The molecule has 1 aromatic carbocycles. The Bertz CT molecular complexity index is 263. The molecule has 13 heavy (non-hydrogen) atoms. The third-order valence-corrected chi connectivity index (χ3v) is 2.57. The van der Waals surface area contributed by atoms with Crippen LogP contribution in [0.3, 0.4) is 0 Å². The van der Waals surface area contributed by atoms with Crippen LogP contribution in [0.2, 0.25) is 0 Å². The van der Waals surface area contributed by atoms with E-state index in [1.54, 1.807) is 0 Å². The molecule has 0 aromatic heterocycles. The monoisotopic (exact) mass is 263 g/mol. The summed E-state index contributed by atoms with van der Waals surface area (Å²) >= 11 is 3.41. The fourth-order valence-electron chi connectivity index (χ4n) is 1.11. The Morgan fingerprint density at radius 2 is 2.08 bits per heavy atom. The molecule has 0 amide bonds. The van der Waals surface area contributed by atoms with Gasteiger partial charge in [-0.3, -0.25) is 0 Å². The van der Waals surface area contributed by atoms with Gasteiger partial charge in [0.1, 0.15) is 0 Å². The molecule has 0 aliphatic heterocycles. The van der Waals surface area contributed by atoms with Crippen molar-refractivity contribution in [2.75, 3.05) is 5.73 Å². The van der Waals surface area contributed by atoms with Gasteiger partial charge >= 0.3 is 0 Å². The zero-order chi connectivity index (χ0) is 8.97. The summed E-state index contributed by atoms with van der Waals surface area (Å²) in [6.07, 6.45) is 3.63. The number of anilines is 1. The fourth-order valence-corrected chi connectivity index (χ4v) is 1.53. The lowest BCUT2D eigenvalue weighted by Gasteiger charge is -2.02. The normalized spacial score (nSPS) is 9.38. The number of hydrogen-bond acceptors (Lipinski definition) is 1. The second-order valence-electron chi connectivity index (χ2n) is 2.96. The molecule has 0 bridgehead atoms. The van der Waals surface area contributed by atoms with Crippen molar-refractivity contribution in [3.8, 4) is 0 Å². The molecule has 0 unspecified atom stereocenters. The zero-order valence-electron chi connectivity index (χ0n) is 7.72. The van der Waals surface area contributed by atoms with Gasteiger partial charge in [-0.25, -0.2) is 0 Å². The van der Waals surface area contributed by atoms with E-state index >= 15 is 0 Å². The second-order valence-corrected chi connectivity index (χ2v) is 3.81. The zero-order valence-corrected chi connectivity index (χ0v) is 10.1. The summed E-state index contributed by atoms with van der Waals surface area (Å²) < 4.78 is 1.01. The maximum Gasteiger partial charge on any atom is 0.0458 e. The number of unbranched alkanes of at least 4 members (excludes halogenated alkanes) is 1. The molecular formula is C10H15BrClN. The molecule has 1 aromatic rings. The minimum atomic E-state index is 0. The SMILES string of the molecule is CCCCc1ccc(N)c(Br)c1.Cl. The van der Waals surface area contributed by atoms with Crippen LogP contribution in [0.15, 0.2) is 22.7 Å². The highest BCUT2D eigenvalue weighted by Gasteiger charge is 1.96. The van der Waals surface area contributed by atoms with E-state index in [0.717, 1.165) is 16.6 Å². The predicted molar refractivity (Wildman–Crippen MR) is 64.4 cm³/mol. The quantitative estimate of drug-likeness (QED) is 0.826. The lowest BCUT2D eigenvalue weighted by Crippen LogP contribution is -1.89. The second kappa shape index (κ2) is 6.28. The molecule has 2 N–H and O–H groups in total. The summed E-state index contributed by atoms with van der Waals surface area (Å²) in [6, 6.07) is 6.15. The molecule has 0 fully saturated rings. The Balaban J connectivity index is 0.00000144. The van der Waals surface area contributed by atoms with E-state index in [4.69, 9.17) is 5.73 Å². The number of aryl methyl sites for hydroxylation is 1. The first-order valence-electron chi connectivity index (χ1n) is 4.28. The summed E-state index contributed by atoms with van der Waals surface area (Å²) in [5.41, 5.74) is 7.84. The molecule has 74 valence electrons. The minimum absolute atomic E-state index is 0. The van der Waals surface area contributed by atoms with Gasteiger partial charge in [0, 0.05) is 10.2 Å². The van der Waals surface area contributed by atoms with Crippen LogP contribution in [0, 0.1) is 0 Å². The van der Waals surface area contributed by atoms with E-state index in [0.29, 0.717) is 0 Å². The highest BCUT2D eigenvalue weighted by atomic mass is 79.9. The van der Waals surface area contributed by atoms with Crippen LogP contribution in [0.25, 0.3) is 0 Å². The van der Waals surface area contributed by atoms with Crippen LogP contribution >= 0.6 is 28.3 Å². The number of hydrogen-bond donors (Lipinski definition) is 1. The first kappa shape index (κ1) is 12.8. The number of nitrogen functional groups attached to an aromatic ring is 1. The summed E-state index contributed by atoms with van der Waals surface area (Å²) in [5.74, 6) is 0. The number of benzene rings is 1. The van der Waals surface area contributed by atoms with E-state index in [9.17, 15) is 0 Å². The molecular weight excluding hydrogens is 249 g/mol. The Labute approximate surface area is 94.3 Å². The van der Waals surface area contributed by atoms with Gasteiger partial charge < -0.3 is 5.73 Å². The van der Waals surface area contributed by atoms with E-state index < -0.39 is 0 Å². The van der Waals surface area contributed by atoms with Crippen LogP contribution in [-0.2, 0) is 6.42 Å². The maximum atomic E-state index is 5.67. The van der Waals surface area contributed by atoms with Crippen LogP contribution in [0.1, 0.15) is 25.3 Å². The smallest absolute Gasteiger partial charge is 0.0458 e. The van der Waals surface area contributed by atoms with Gasteiger partial charge in [0.15, 0.2) is 0 Å². The van der Waals surface area contributed by atoms with E-state index in [-0.39, 0.29) is 12.4 Å². The molecule has 0 aliphatic rings. The van der Waals surface area contributed by atoms with Crippen LogP contribution in [0.4, 0.5) is 5.69 Å². The van der Waals surface area contributed by atoms with Gasteiger partial charge in [0.05, 0.1) is 0 Å². The third kappa shape index (κ3) is 4.01.